The van der Waals surface area contributed by atoms with Crippen LogP contribution in [0.4, 0.5) is 0 Å². The first-order valence-electron chi connectivity index (χ1n) is 18.2. The molecule has 5 aromatic carbocycles. The van der Waals surface area contributed by atoms with Crippen molar-refractivity contribution < 1.29 is 9.47 Å². The second kappa shape index (κ2) is 12.4. The zero-order valence-corrected chi connectivity index (χ0v) is 30.3. The van der Waals surface area contributed by atoms with Crippen LogP contribution in [0.1, 0.15) is 0 Å². The van der Waals surface area contributed by atoms with Crippen LogP contribution in [0.15, 0.2) is 146 Å². The van der Waals surface area contributed by atoms with Crippen molar-refractivity contribution in [1.29, 1.82) is 0 Å². The number of imidazole rings is 2. The number of fused-ring (bicyclic) bond motifs is 12. The largest absolute Gasteiger partial charge is 0.497 e. The molecule has 0 unspecified atom stereocenters. The van der Waals surface area contributed by atoms with E-state index in [0.29, 0.717) is 0 Å². The molecule has 10 heteroatoms. The summed E-state index contributed by atoms with van der Waals surface area (Å²) in [4.78, 5) is 30.1. The fourth-order valence-corrected chi connectivity index (χ4v) is 8.00. The molecule has 11 aromatic rings. The van der Waals surface area contributed by atoms with Crippen LogP contribution in [0.25, 0.3) is 99.8 Å². The molecule has 0 aliphatic rings. The van der Waals surface area contributed by atoms with Crippen molar-refractivity contribution in [3.05, 3.63) is 146 Å². The molecule has 6 aromatic heterocycles. The number of rotatable bonds is 6. The van der Waals surface area contributed by atoms with Gasteiger partial charge in [-0.2, -0.15) is 0 Å². The summed E-state index contributed by atoms with van der Waals surface area (Å²) in [5.41, 5.74) is 10.5. The van der Waals surface area contributed by atoms with Crippen molar-refractivity contribution in [3.63, 3.8) is 0 Å². The summed E-state index contributed by atoms with van der Waals surface area (Å²) in [5.74, 6) is 3.08. The molecule has 0 aliphatic carbocycles. The van der Waals surface area contributed by atoms with Gasteiger partial charge < -0.3 is 9.47 Å². The Balaban J connectivity index is 1.23. The van der Waals surface area contributed by atoms with Gasteiger partial charge in [0.15, 0.2) is 0 Å². The molecule has 266 valence electrons. The van der Waals surface area contributed by atoms with Gasteiger partial charge in [0.05, 0.1) is 58.4 Å². The van der Waals surface area contributed by atoms with Crippen molar-refractivity contribution in [2.75, 3.05) is 14.2 Å². The van der Waals surface area contributed by atoms with Gasteiger partial charge in [-0.05, 0) is 103 Å². The van der Waals surface area contributed by atoms with Crippen LogP contribution in [-0.2, 0) is 0 Å². The average molecular weight is 727 g/mol. The lowest BCUT2D eigenvalue weighted by Gasteiger charge is -2.14. The van der Waals surface area contributed by atoms with Gasteiger partial charge in [-0.25, -0.2) is 9.97 Å². The summed E-state index contributed by atoms with van der Waals surface area (Å²) in [6.45, 7) is 0. The van der Waals surface area contributed by atoms with Gasteiger partial charge in [0, 0.05) is 68.8 Å². The van der Waals surface area contributed by atoms with E-state index in [0.717, 1.165) is 111 Å². The molecular weight excluding hydrogens is 697 g/mol. The molecule has 0 N–H and O–H groups in total. The molecule has 6 heterocycles. The van der Waals surface area contributed by atoms with E-state index in [1.165, 1.54) is 0 Å². The molecule has 0 atom stereocenters. The number of ether oxygens (including phenoxy) is 2. The SMILES string of the molecule is COc1ccc(-n2c(-c3cccc(-c4nc5c6cccnc6c6ncccc6c5n4-c4ccc(OC)cc4)c3)nc3c4cccnc4c4ncccc4c32)cc1. The lowest BCUT2D eigenvalue weighted by Crippen LogP contribution is -2.00. The van der Waals surface area contributed by atoms with Crippen molar-refractivity contribution >= 4 is 65.7 Å². The van der Waals surface area contributed by atoms with E-state index in [1.54, 1.807) is 26.6 Å². The molecular formula is C46H30N8O2. The highest BCUT2D eigenvalue weighted by atomic mass is 16.5. The third-order valence-corrected chi connectivity index (χ3v) is 10.5. The molecule has 11 rings (SSSR count). The van der Waals surface area contributed by atoms with E-state index >= 15 is 0 Å². The first-order valence-corrected chi connectivity index (χ1v) is 18.2. The van der Waals surface area contributed by atoms with Crippen molar-refractivity contribution in [2.45, 2.75) is 0 Å². The Kier molecular flexibility index (Phi) is 7.05. The number of hydrogen-bond acceptors (Lipinski definition) is 8. The highest BCUT2D eigenvalue weighted by Crippen LogP contribution is 2.41. The predicted octanol–water partition coefficient (Wildman–Crippen LogP) is 9.91. The summed E-state index contributed by atoms with van der Waals surface area (Å²) in [7, 11) is 3.35. The molecule has 56 heavy (non-hydrogen) atoms. The third kappa shape index (κ3) is 4.69. The highest BCUT2D eigenvalue weighted by molar-refractivity contribution is 6.23. The Bertz CT molecular complexity index is 3120. The topological polar surface area (TPSA) is 106 Å². The van der Waals surface area contributed by atoms with Gasteiger partial charge in [-0.3, -0.25) is 29.1 Å². The first kappa shape index (κ1) is 31.8. The van der Waals surface area contributed by atoms with Crippen LogP contribution >= 0.6 is 0 Å². The summed E-state index contributed by atoms with van der Waals surface area (Å²) in [6, 6.07) is 40.7. The van der Waals surface area contributed by atoms with Gasteiger partial charge in [-0.1, -0.05) is 18.2 Å². The Labute approximate surface area is 319 Å². The lowest BCUT2D eigenvalue weighted by molar-refractivity contribution is 0.414. The van der Waals surface area contributed by atoms with Gasteiger partial charge in [0.2, 0.25) is 0 Å². The second-order valence-electron chi connectivity index (χ2n) is 13.5. The predicted molar refractivity (Wildman–Crippen MR) is 221 cm³/mol. The Morgan fingerprint density at radius 3 is 1.16 bits per heavy atom. The van der Waals surface area contributed by atoms with Gasteiger partial charge in [0.25, 0.3) is 0 Å². The number of pyridine rings is 4. The van der Waals surface area contributed by atoms with Crippen LogP contribution in [0, 0.1) is 0 Å². The minimum Gasteiger partial charge on any atom is -0.497 e. The summed E-state index contributed by atoms with van der Waals surface area (Å²) >= 11 is 0. The van der Waals surface area contributed by atoms with E-state index in [9.17, 15) is 0 Å². The number of methoxy groups -OCH3 is 2. The third-order valence-electron chi connectivity index (χ3n) is 10.5. The maximum atomic E-state index is 5.55. The number of hydrogen-bond donors (Lipinski definition) is 0. The standard InChI is InChI=1S/C46H30N8O2/c1-55-31-18-14-29(15-19-31)53-43-35-12-6-24-49-39(35)37-33(10-4-22-47-37)41(43)51-45(53)27-8-3-9-28(26-27)46-52-42-34-11-5-23-48-38(34)40-36(13-7-25-50-40)44(42)54(46)30-16-20-32(56-2)21-17-30/h3-26H,1-2H3. The quantitative estimate of drug-likeness (QED) is 0.156. The average Bonchev–Trinajstić information content (AvgIpc) is 3.88. The monoisotopic (exact) mass is 726 g/mol. The smallest absolute Gasteiger partial charge is 0.145 e. The molecule has 0 radical (unpaired) electrons. The molecule has 0 bridgehead atoms. The molecule has 0 saturated heterocycles. The van der Waals surface area contributed by atoms with E-state index in [-0.39, 0.29) is 0 Å². The normalized spacial score (nSPS) is 11.8. The van der Waals surface area contributed by atoms with Crippen molar-refractivity contribution in [3.8, 4) is 45.6 Å². The fourth-order valence-electron chi connectivity index (χ4n) is 8.00. The van der Waals surface area contributed by atoms with Crippen LogP contribution in [0.2, 0.25) is 0 Å². The van der Waals surface area contributed by atoms with E-state index < -0.39 is 0 Å². The first-order chi connectivity index (χ1) is 27.7. The maximum Gasteiger partial charge on any atom is 0.145 e. The van der Waals surface area contributed by atoms with E-state index in [4.69, 9.17) is 39.4 Å². The maximum absolute atomic E-state index is 5.55. The van der Waals surface area contributed by atoms with Crippen LogP contribution < -0.4 is 9.47 Å². The summed E-state index contributed by atoms with van der Waals surface area (Å²) in [5, 5.41) is 3.78. The summed E-state index contributed by atoms with van der Waals surface area (Å²) < 4.78 is 15.5. The molecule has 0 amide bonds. The van der Waals surface area contributed by atoms with Gasteiger partial charge in [0.1, 0.15) is 23.1 Å². The second-order valence-corrected chi connectivity index (χ2v) is 13.5. The minimum absolute atomic E-state index is 0.768. The zero-order valence-electron chi connectivity index (χ0n) is 30.3. The number of aromatic nitrogens is 8. The fraction of sp³-hybridized carbons (Fsp3) is 0.0435. The molecule has 0 fully saturated rings. The van der Waals surface area contributed by atoms with Crippen LogP contribution in [0.5, 0.6) is 11.5 Å². The van der Waals surface area contributed by atoms with E-state index in [1.807, 2.05) is 60.9 Å². The number of nitrogens with zero attached hydrogens (tertiary/aromatic N) is 8. The van der Waals surface area contributed by atoms with Gasteiger partial charge in [-0.15, -0.1) is 0 Å². The van der Waals surface area contributed by atoms with Crippen molar-refractivity contribution in [1.82, 2.24) is 39.0 Å². The highest BCUT2D eigenvalue weighted by Gasteiger charge is 2.24. The lowest BCUT2D eigenvalue weighted by atomic mass is 10.1. The summed E-state index contributed by atoms with van der Waals surface area (Å²) in [6.07, 6.45) is 7.24. The van der Waals surface area contributed by atoms with Crippen LogP contribution in [-0.4, -0.2) is 53.3 Å². The van der Waals surface area contributed by atoms with Crippen LogP contribution in [0.3, 0.4) is 0 Å². The van der Waals surface area contributed by atoms with Gasteiger partial charge >= 0.3 is 0 Å². The van der Waals surface area contributed by atoms with E-state index in [2.05, 4.69) is 81.9 Å². The molecule has 0 spiro atoms. The Morgan fingerprint density at radius 1 is 0.393 bits per heavy atom. The zero-order chi connectivity index (χ0) is 37.3. The molecule has 10 nitrogen and oxygen atoms in total. The Morgan fingerprint density at radius 2 is 0.768 bits per heavy atom. The molecule has 0 saturated carbocycles. The molecule has 0 aliphatic heterocycles. The van der Waals surface area contributed by atoms with Crippen molar-refractivity contribution in [2.24, 2.45) is 0 Å². The minimum atomic E-state index is 0.768. The number of benzene rings is 5. The Hall–Kier alpha value is -7.72.